The van der Waals surface area contributed by atoms with Gasteiger partial charge < -0.3 is 20.1 Å². The number of nitrogens with one attached hydrogen (secondary N) is 2. The highest BCUT2D eigenvalue weighted by Gasteiger charge is 2.09. The second-order valence-corrected chi connectivity index (χ2v) is 6.52. The van der Waals surface area contributed by atoms with Crippen LogP contribution in [0.5, 0.6) is 5.75 Å². The molecule has 0 atom stereocenters. The van der Waals surface area contributed by atoms with Crippen molar-refractivity contribution in [3.63, 3.8) is 0 Å². The van der Waals surface area contributed by atoms with E-state index in [2.05, 4.69) is 15.7 Å². The number of hydrogen-bond acceptors (Lipinski definition) is 5. The summed E-state index contributed by atoms with van der Waals surface area (Å²) in [5.74, 6) is 0.412. The number of hydrogen-bond donors (Lipinski definition) is 2. The predicted molar refractivity (Wildman–Crippen MR) is 113 cm³/mol. The molecule has 2 amide bonds. The van der Waals surface area contributed by atoms with Crippen LogP contribution >= 0.6 is 0 Å². The fourth-order valence-corrected chi connectivity index (χ4v) is 2.94. The van der Waals surface area contributed by atoms with Gasteiger partial charge in [0.15, 0.2) is 0 Å². The van der Waals surface area contributed by atoms with Gasteiger partial charge in [-0.05, 0) is 42.3 Å². The zero-order valence-electron chi connectivity index (χ0n) is 16.9. The molecule has 1 aromatic heterocycles. The van der Waals surface area contributed by atoms with E-state index in [0.717, 1.165) is 17.0 Å². The first kappa shape index (κ1) is 21.1. The van der Waals surface area contributed by atoms with Crippen LogP contribution in [-0.2, 0) is 16.0 Å². The average Bonchev–Trinajstić information content (AvgIpc) is 3.22. The molecule has 156 valence electrons. The van der Waals surface area contributed by atoms with E-state index in [1.807, 2.05) is 24.3 Å². The first-order chi connectivity index (χ1) is 14.6. The number of carbonyl (C=O) groups excluding carboxylic acids is 2. The smallest absolute Gasteiger partial charge is 0.251 e. The first-order valence-corrected chi connectivity index (χ1v) is 9.44. The third-order valence-electron chi connectivity index (χ3n) is 4.41. The zero-order chi connectivity index (χ0) is 21.3. The van der Waals surface area contributed by atoms with E-state index >= 15 is 0 Å². The number of ether oxygens (including phenoxy) is 2. The molecule has 0 aliphatic carbocycles. The lowest BCUT2D eigenvalue weighted by molar-refractivity contribution is -0.119. The van der Waals surface area contributed by atoms with Crippen LogP contribution in [0.25, 0.3) is 5.69 Å². The molecule has 3 aromatic rings. The third kappa shape index (κ3) is 5.45. The standard InChI is InChI=1S/C22H24N4O4/c1-29-15-21(27)25-18-13-24-26(14-18)19-9-7-17(8-10-19)22(28)23-12-11-16-5-3-4-6-20(16)30-2/h3-10,13-14H,11-12,15H2,1-2H3,(H,23,28)(H,25,27). The predicted octanol–water partition coefficient (Wildman–Crippen LogP) is 2.44. The number of anilines is 1. The zero-order valence-corrected chi connectivity index (χ0v) is 16.9. The van der Waals surface area contributed by atoms with E-state index in [0.29, 0.717) is 24.2 Å². The lowest BCUT2D eigenvalue weighted by Gasteiger charge is -2.09. The van der Waals surface area contributed by atoms with Gasteiger partial charge in [-0.3, -0.25) is 9.59 Å². The van der Waals surface area contributed by atoms with Crippen LogP contribution in [-0.4, -0.2) is 49.0 Å². The molecule has 3 rings (SSSR count). The van der Waals surface area contributed by atoms with E-state index in [9.17, 15) is 9.59 Å². The fourth-order valence-electron chi connectivity index (χ4n) is 2.94. The number of nitrogens with zero attached hydrogens (tertiary/aromatic N) is 2. The van der Waals surface area contributed by atoms with E-state index in [1.165, 1.54) is 7.11 Å². The monoisotopic (exact) mass is 408 g/mol. The molecule has 8 heteroatoms. The van der Waals surface area contributed by atoms with E-state index in [-0.39, 0.29) is 18.4 Å². The Morgan fingerprint density at radius 3 is 2.57 bits per heavy atom. The summed E-state index contributed by atoms with van der Waals surface area (Å²) in [4.78, 5) is 24.0. The Morgan fingerprint density at radius 2 is 1.83 bits per heavy atom. The summed E-state index contributed by atoms with van der Waals surface area (Å²) in [6, 6.07) is 14.8. The number of methoxy groups -OCH3 is 2. The molecule has 0 bridgehead atoms. The maximum absolute atomic E-state index is 12.4. The number of benzene rings is 2. The lowest BCUT2D eigenvalue weighted by Crippen LogP contribution is -2.25. The molecule has 0 aliphatic rings. The summed E-state index contributed by atoms with van der Waals surface area (Å²) >= 11 is 0. The largest absolute Gasteiger partial charge is 0.496 e. The summed E-state index contributed by atoms with van der Waals surface area (Å²) in [5, 5.41) is 9.83. The van der Waals surface area contributed by atoms with Crippen molar-refractivity contribution in [2.75, 3.05) is 32.7 Å². The van der Waals surface area contributed by atoms with Crippen molar-refractivity contribution in [1.82, 2.24) is 15.1 Å². The van der Waals surface area contributed by atoms with Crippen LogP contribution in [0.15, 0.2) is 60.9 Å². The second-order valence-electron chi connectivity index (χ2n) is 6.52. The number of carbonyl (C=O) groups is 2. The fraction of sp³-hybridized carbons (Fsp3) is 0.227. The van der Waals surface area contributed by atoms with Gasteiger partial charge in [0.05, 0.1) is 30.9 Å². The Balaban J connectivity index is 1.55. The van der Waals surface area contributed by atoms with Crippen LogP contribution in [0.3, 0.4) is 0 Å². The highest BCUT2D eigenvalue weighted by atomic mass is 16.5. The molecule has 30 heavy (non-hydrogen) atoms. The number of rotatable bonds is 9. The van der Waals surface area contributed by atoms with Crippen LogP contribution in [0.1, 0.15) is 15.9 Å². The Bertz CT molecular complexity index is 998. The maximum Gasteiger partial charge on any atom is 0.251 e. The van der Waals surface area contributed by atoms with Gasteiger partial charge in [0, 0.05) is 19.2 Å². The van der Waals surface area contributed by atoms with Gasteiger partial charge in [-0.1, -0.05) is 18.2 Å². The van der Waals surface area contributed by atoms with Crippen molar-refractivity contribution in [3.8, 4) is 11.4 Å². The Hall–Kier alpha value is -3.65. The van der Waals surface area contributed by atoms with Crippen molar-refractivity contribution in [1.29, 1.82) is 0 Å². The minimum Gasteiger partial charge on any atom is -0.496 e. The normalized spacial score (nSPS) is 10.5. The SMILES string of the molecule is COCC(=O)Nc1cnn(-c2ccc(C(=O)NCCc3ccccc3OC)cc2)c1. The number of amides is 2. The topological polar surface area (TPSA) is 94.5 Å². The van der Waals surface area contributed by atoms with Crippen molar-refractivity contribution in [2.24, 2.45) is 0 Å². The van der Waals surface area contributed by atoms with E-state index in [1.54, 1.807) is 48.5 Å². The van der Waals surface area contributed by atoms with Crippen LogP contribution in [0.2, 0.25) is 0 Å². The lowest BCUT2D eigenvalue weighted by atomic mass is 10.1. The molecular formula is C22H24N4O4. The molecule has 0 fully saturated rings. The van der Waals surface area contributed by atoms with Crippen molar-refractivity contribution < 1.29 is 19.1 Å². The van der Waals surface area contributed by atoms with Gasteiger partial charge in [-0.2, -0.15) is 5.10 Å². The molecule has 0 saturated carbocycles. The van der Waals surface area contributed by atoms with Crippen molar-refractivity contribution >= 4 is 17.5 Å². The highest BCUT2D eigenvalue weighted by molar-refractivity contribution is 5.94. The Kier molecular flexibility index (Phi) is 7.18. The van der Waals surface area contributed by atoms with Crippen LogP contribution in [0.4, 0.5) is 5.69 Å². The molecule has 0 aliphatic heterocycles. The van der Waals surface area contributed by atoms with Gasteiger partial charge >= 0.3 is 0 Å². The molecule has 0 unspecified atom stereocenters. The average molecular weight is 408 g/mol. The molecule has 2 N–H and O–H groups in total. The minimum absolute atomic E-state index is 0.0218. The van der Waals surface area contributed by atoms with E-state index < -0.39 is 0 Å². The molecule has 8 nitrogen and oxygen atoms in total. The van der Waals surface area contributed by atoms with Crippen LogP contribution in [0, 0.1) is 0 Å². The molecule has 0 saturated heterocycles. The third-order valence-corrected chi connectivity index (χ3v) is 4.41. The second kappa shape index (κ2) is 10.2. The minimum atomic E-state index is -0.253. The Labute approximate surface area is 174 Å². The maximum atomic E-state index is 12.4. The first-order valence-electron chi connectivity index (χ1n) is 9.44. The van der Waals surface area contributed by atoms with Gasteiger partial charge in [0.25, 0.3) is 5.91 Å². The van der Waals surface area contributed by atoms with Crippen molar-refractivity contribution in [2.45, 2.75) is 6.42 Å². The summed E-state index contributed by atoms with van der Waals surface area (Å²) < 4.78 is 11.7. The van der Waals surface area contributed by atoms with Crippen LogP contribution < -0.4 is 15.4 Å². The quantitative estimate of drug-likeness (QED) is 0.567. The van der Waals surface area contributed by atoms with Gasteiger partial charge in [0.1, 0.15) is 12.4 Å². The van der Waals surface area contributed by atoms with E-state index in [4.69, 9.17) is 9.47 Å². The van der Waals surface area contributed by atoms with Gasteiger partial charge in [-0.15, -0.1) is 0 Å². The Morgan fingerprint density at radius 1 is 1.07 bits per heavy atom. The highest BCUT2D eigenvalue weighted by Crippen LogP contribution is 2.17. The number of para-hydroxylation sites is 1. The molecule has 2 aromatic carbocycles. The molecular weight excluding hydrogens is 384 g/mol. The molecule has 1 heterocycles. The summed E-state index contributed by atoms with van der Waals surface area (Å²) in [6.07, 6.45) is 3.92. The molecule has 0 radical (unpaired) electrons. The summed E-state index contributed by atoms with van der Waals surface area (Å²) in [6.45, 7) is 0.483. The van der Waals surface area contributed by atoms with Gasteiger partial charge in [0.2, 0.25) is 5.91 Å². The van der Waals surface area contributed by atoms with Crippen molar-refractivity contribution in [3.05, 3.63) is 72.1 Å². The summed E-state index contributed by atoms with van der Waals surface area (Å²) in [7, 11) is 3.09. The van der Waals surface area contributed by atoms with Gasteiger partial charge in [-0.25, -0.2) is 4.68 Å². The summed E-state index contributed by atoms with van der Waals surface area (Å²) in [5.41, 5.74) is 2.94. The number of aromatic nitrogens is 2. The molecule has 0 spiro atoms.